The van der Waals surface area contributed by atoms with E-state index in [1.54, 1.807) is 12.5 Å². The van der Waals surface area contributed by atoms with Crippen molar-refractivity contribution in [3.05, 3.63) is 30.4 Å². The number of hydrogen-bond donors (Lipinski definition) is 1. The van der Waals surface area contributed by atoms with Crippen LogP contribution in [0, 0.1) is 0 Å². The van der Waals surface area contributed by atoms with Gasteiger partial charge in [-0.15, -0.1) is 0 Å². The predicted molar refractivity (Wildman–Crippen MR) is 59.6 cm³/mol. The molecule has 16 heavy (non-hydrogen) atoms. The minimum atomic E-state index is 0.308. The minimum absolute atomic E-state index is 0.308. The highest BCUT2D eigenvalue weighted by Crippen LogP contribution is 2.08. The lowest BCUT2D eigenvalue weighted by atomic mass is 10.4. The van der Waals surface area contributed by atoms with Crippen LogP contribution in [0.5, 0.6) is 0 Å². The minimum Gasteiger partial charge on any atom is -0.326 e. The van der Waals surface area contributed by atoms with Gasteiger partial charge in [0, 0.05) is 18.4 Å². The molecule has 0 saturated heterocycles. The van der Waals surface area contributed by atoms with Crippen molar-refractivity contribution in [3.63, 3.8) is 0 Å². The number of hydrogen-bond acceptors (Lipinski definition) is 4. The molecular weight excluding hydrogens is 204 g/mol. The third-order valence-electron chi connectivity index (χ3n) is 2.43. The van der Waals surface area contributed by atoms with Gasteiger partial charge in [-0.1, -0.05) is 0 Å². The van der Waals surface area contributed by atoms with E-state index < -0.39 is 0 Å². The van der Waals surface area contributed by atoms with Crippen molar-refractivity contribution < 1.29 is 0 Å². The summed E-state index contributed by atoms with van der Waals surface area (Å²) in [6, 6.07) is 0.308. The molecular formula is C10H16N6. The van der Waals surface area contributed by atoms with E-state index in [0.717, 1.165) is 11.6 Å². The third-order valence-corrected chi connectivity index (χ3v) is 2.43. The predicted octanol–water partition coefficient (Wildman–Crippen LogP) is 0.563. The van der Waals surface area contributed by atoms with Gasteiger partial charge < -0.3 is 10.3 Å². The maximum Gasteiger partial charge on any atom is 0.147 e. The molecule has 6 heteroatoms. The Hall–Kier alpha value is -1.69. The molecule has 0 aliphatic heterocycles. The maximum absolute atomic E-state index is 5.60. The van der Waals surface area contributed by atoms with E-state index in [9.17, 15) is 0 Å². The SMILES string of the molecule is CC(C)n1ncnc1Cn1ccnc1CN. The Morgan fingerprint density at radius 1 is 1.31 bits per heavy atom. The first-order valence-corrected chi connectivity index (χ1v) is 5.31. The number of rotatable bonds is 4. The third kappa shape index (κ3) is 1.96. The molecule has 2 aromatic heterocycles. The summed E-state index contributed by atoms with van der Waals surface area (Å²) < 4.78 is 3.89. The van der Waals surface area contributed by atoms with Crippen LogP contribution in [0.25, 0.3) is 0 Å². The van der Waals surface area contributed by atoms with Gasteiger partial charge in [-0.2, -0.15) is 5.10 Å². The van der Waals surface area contributed by atoms with E-state index >= 15 is 0 Å². The molecule has 0 bridgehead atoms. The zero-order valence-corrected chi connectivity index (χ0v) is 9.54. The van der Waals surface area contributed by atoms with Crippen molar-refractivity contribution in [3.8, 4) is 0 Å². The standard InChI is InChI=1S/C10H16N6/c1-8(2)16-10(13-7-14-16)6-15-4-3-12-9(15)5-11/h3-4,7-8H,5-6,11H2,1-2H3. The quantitative estimate of drug-likeness (QED) is 0.817. The van der Waals surface area contributed by atoms with Crippen LogP contribution in [0.15, 0.2) is 18.7 Å². The summed E-state index contributed by atoms with van der Waals surface area (Å²) in [5, 5.41) is 4.19. The van der Waals surface area contributed by atoms with Crippen molar-refractivity contribution in [2.45, 2.75) is 33.0 Å². The van der Waals surface area contributed by atoms with Gasteiger partial charge in [-0.3, -0.25) is 0 Å². The summed E-state index contributed by atoms with van der Waals surface area (Å²) in [7, 11) is 0. The molecule has 0 aromatic carbocycles. The Balaban J connectivity index is 2.23. The van der Waals surface area contributed by atoms with Gasteiger partial charge in [0.2, 0.25) is 0 Å². The second-order valence-electron chi connectivity index (χ2n) is 3.89. The van der Waals surface area contributed by atoms with Crippen LogP contribution < -0.4 is 5.73 Å². The van der Waals surface area contributed by atoms with Gasteiger partial charge in [0.25, 0.3) is 0 Å². The molecule has 2 N–H and O–H groups in total. The molecule has 0 saturated carbocycles. The zero-order chi connectivity index (χ0) is 11.5. The average molecular weight is 220 g/mol. The topological polar surface area (TPSA) is 74.5 Å². The fourth-order valence-electron chi connectivity index (χ4n) is 1.64. The molecule has 0 spiro atoms. The molecule has 0 unspecified atom stereocenters. The molecule has 0 amide bonds. The van der Waals surface area contributed by atoms with E-state index in [1.165, 1.54) is 0 Å². The Labute approximate surface area is 94.1 Å². The first-order valence-electron chi connectivity index (χ1n) is 5.31. The molecule has 2 heterocycles. The van der Waals surface area contributed by atoms with E-state index in [1.807, 2.05) is 15.4 Å². The summed E-state index contributed by atoms with van der Waals surface area (Å²) in [6.07, 6.45) is 5.23. The van der Waals surface area contributed by atoms with E-state index in [4.69, 9.17) is 5.73 Å². The Kier molecular flexibility index (Phi) is 3.00. The Morgan fingerprint density at radius 3 is 2.81 bits per heavy atom. The van der Waals surface area contributed by atoms with Crippen LogP contribution in [0.4, 0.5) is 0 Å². The summed E-state index contributed by atoms with van der Waals surface area (Å²) in [5.74, 6) is 1.78. The van der Waals surface area contributed by atoms with Crippen LogP contribution in [0.1, 0.15) is 31.5 Å². The van der Waals surface area contributed by atoms with Crippen LogP contribution in [-0.4, -0.2) is 24.3 Å². The first kappa shape index (κ1) is 10.8. The number of nitrogens with zero attached hydrogens (tertiary/aromatic N) is 5. The molecule has 0 aliphatic carbocycles. The molecule has 2 aromatic rings. The lowest BCUT2D eigenvalue weighted by molar-refractivity contribution is 0.493. The monoisotopic (exact) mass is 220 g/mol. The average Bonchev–Trinajstić information content (AvgIpc) is 2.86. The van der Waals surface area contributed by atoms with Gasteiger partial charge >= 0.3 is 0 Å². The lowest BCUT2D eigenvalue weighted by Gasteiger charge is -2.10. The van der Waals surface area contributed by atoms with Crippen LogP contribution in [0.3, 0.4) is 0 Å². The first-order chi connectivity index (χ1) is 7.72. The molecule has 0 radical (unpaired) electrons. The maximum atomic E-state index is 5.60. The molecule has 0 aliphatic rings. The summed E-state index contributed by atoms with van der Waals surface area (Å²) >= 11 is 0. The van der Waals surface area contributed by atoms with E-state index in [-0.39, 0.29) is 0 Å². The summed E-state index contributed by atoms with van der Waals surface area (Å²) in [6.45, 7) is 5.25. The second kappa shape index (κ2) is 4.44. The van der Waals surface area contributed by atoms with Crippen molar-refractivity contribution in [2.24, 2.45) is 5.73 Å². The smallest absolute Gasteiger partial charge is 0.147 e. The molecule has 0 atom stereocenters. The summed E-state index contributed by atoms with van der Waals surface area (Å²) in [5.41, 5.74) is 5.60. The van der Waals surface area contributed by atoms with Gasteiger partial charge in [0.05, 0.1) is 13.1 Å². The largest absolute Gasteiger partial charge is 0.326 e. The number of nitrogens with two attached hydrogens (primary N) is 1. The molecule has 2 rings (SSSR count). The molecule has 86 valence electrons. The van der Waals surface area contributed by atoms with Crippen molar-refractivity contribution in [1.82, 2.24) is 24.3 Å². The second-order valence-corrected chi connectivity index (χ2v) is 3.89. The van der Waals surface area contributed by atoms with Crippen LogP contribution in [-0.2, 0) is 13.1 Å². The van der Waals surface area contributed by atoms with Crippen LogP contribution >= 0.6 is 0 Å². The van der Waals surface area contributed by atoms with Gasteiger partial charge in [-0.05, 0) is 13.8 Å². The summed E-state index contributed by atoms with van der Waals surface area (Å²) in [4.78, 5) is 8.42. The lowest BCUT2D eigenvalue weighted by Crippen LogP contribution is -2.14. The number of imidazole rings is 1. The van der Waals surface area contributed by atoms with Crippen molar-refractivity contribution in [2.75, 3.05) is 0 Å². The van der Waals surface area contributed by atoms with E-state index in [0.29, 0.717) is 19.1 Å². The van der Waals surface area contributed by atoms with Crippen molar-refractivity contribution in [1.29, 1.82) is 0 Å². The van der Waals surface area contributed by atoms with Gasteiger partial charge in [0.15, 0.2) is 0 Å². The highest BCUT2D eigenvalue weighted by Gasteiger charge is 2.09. The highest BCUT2D eigenvalue weighted by atomic mass is 15.4. The number of aromatic nitrogens is 5. The van der Waals surface area contributed by atoms with Crippen molar-refractivity contribution >= 4 is 0 Å². The van der Waals surface area contributed by atoms with Gasteiger partial charge in [-0.25, -0.2) is 14.6 Å². The fourth-order valence-corrected chi connectivity index (χ4v) is 1.64. The molecule has 0 fully saturated rings. The van der Waals surface area contributed by atoms with E-state index in [2.05, 4.69) is 28.9 Å². The highest BCUT2D eigenvalue weighted by molar-refractivity contribution is 4.97. The Bertz CT molecular complexity index is 455. The zero-order valence-electron chi connectivity index (χ0n) is 9.54. The molecule has 6 nitrogen and oxygen atoms in total. The normalized spacial score (nSPS) is 11.2. The Morgan fingerprint density at radius 2 is 2.12 bits per heavy atom. The van der Waals surface area contributed by atoms with Gasteiger partial charge in [0.1, 0.15) is 18.0 Å². The fraction of sp³-hybridized carbons (Fsp3) is 0.500. The van der Waals surface area contributed by atoms with Crippen LogP contribution in [0.2, 0.25) is 0 Å².